The first-order chi connectivity index (χ1) is 13.6. The summed E-state index contributed by atoms with van der Waals surface area (Å²) in [6.07, 6.45) is 6.04. The number of amides is 3. The Balaban J connectivity index is 1.47. The summed E-state index contributed by atoms with van der Waals surface area (Å²) in [5.41, 5.74) is 0.545. The Morgan fingerprint density at radius 1 is 0.893 bits per heavy atom. The number of benzene rings is 1. The molecule has 2 fully saturated rings. The summed E-state index contributed by atoms with van der Waals surface area (Å²) in [5.74, 6) is -0.0339. The van der Waals surface area contributed by atoms with Crippen molar-refractivity contribution in [2.45, 2.75) is 51.5 Å². The predicted octanol–water partition coefficient (Wildman–Crippen LogP) is 2.45. The molecule has 2 heterocycles. The first-order valence-electron chi connectivity index (χ1n) is 10.5. The van der Waals surface area contributed by atoms with Gasteiger partial charge < -0.3 is 15.1 Å². The van der Waals surface area contributed by atoms with Crippen LogP contribution in [0.4, 0.5) is 0 Å². The molecule has 3 amide bonds. The Morgan fingerprint density at radius 2 is 1.50 bits per heavy atom. The fourth-order valence-corrected chi connectivity index (χ4v) is 4.10. The lowest BCUT2D eigenvalue weighted by atomic mass is 9.94. The van der Waals surface area contributed by atoms with E-state index >= 15 is 0 Å². The number of hydrogen-bond donors (Lipinski definition) is 1. The van der Waals surface area contributed by atoms with Crippen LogP contribution in [0, 0.1) is 5.92 Å². The fourth-order valence-electron chi connectivity index (χ4n) is 4.10. The van der Waals surface area contributed by atoms with Crippen molar-refractivity contribution in [1.82, 2.24) is 15.1 Å². The van der Waals surface area contributed by atoms with Gasteiger partial charge in [-0.15, -0.1) is 0 Å². The summed E-state index contributed by atoms with van der Waals surface area (Å²) in [6.45, 7) is 4.63. The topological polar surface area (TPSA) is 69.7 Å². The Kier molecular flexibility index (Phi) is 7.06. The summed E-state index contributed by atoms with van der Waals surface area (Å²) >= 11 is 0. The van der Waals surface area contributed by atoms with Gasteiger partial charge in [0.25, 0.3) is 5.91 Å². The molecule has 0 spiro atoms. The normalized spacial score (nSPS) is 19.6. The highest BCUT2D eigenvalue weighted by molar-refractivity contribution is 5.97. The third-order valence-corrected chi connectivity index (χ3v) is 5.83. The molecule has 0 bridgehead atoms. The molecule has 2 saturated heterocycles. The van der Waals surface area contributed by atoms with Gasteiger partial charge in [0.15, 0.2) is 0 Å². The van der Waals surface area contributed by atoms with Crippen LogP contribution in [0.3, 0.4) is 0 Å². The molecule has 0 radical (unpaired) electrons. The average Bonchev–Trinajstić information content (AvgIpc) is 3.03. The van der Waals surface area contributed by atoms with Crippen molar-refractivity contribution in [3.63, 3.8) is 0 Å². The second-order valence-electron chi connectivity index (χ2n) is 7.90. The molecular weight excluding hydrogens is 354 g/mol. The zero-order valence-corrected chi connectivity index (χ0v) is 16.7. The van der Waals surface area contributed by atoms with Gasteiger partial charge in [0, 0.05) is 37.7 Å². The molecule has 1 N–H and O–H groups in total. The molecule has 1 aromatic carbocycles. The van der Waals surface area contributed by atoms with Gasteiger partial charge in [-0.1, -0.05) is 31.0 Å². The van der Waals surface area contributed by atoms with Crippen molar-refractivity contribution in [3.8, 4) is 0 Å². The molecule has 1 atom stereocenters. The minimum Gasteiger partial charge on any atom is -0.342 e. The van der Waals surface area contributed by atoms with Gasteiger partial charge >= 0.3 is 0 Å². The lowest BCUT2D eigenvalue weighted by molar-refractivity contribution is -0.141. The summed E-state index contributed by atoms with van der Waals surface area (Å²) in [6, 6.07) is 8.33. The van der Waals surface area contributed by atoms with E-state index in [-0.39, 0.29) is 23.6 Å². The highest BCUT2D eigenvalue weighted by Gasteiger charge is 2.32. The zero-order chi connectivity index (χ0) is 19.9. The quantitative estimate of drug-likeness (QED) is 0.865. The highest BCUT2D eigenvalue weighted by atomic mass is 16.2. The second-order valence-corrected chi connectivity index (χ2v) is 7.90. The van der Waals surface area contributed by atoms with E-state index in [2.05, 4.69) is 5.32 Å². The van der Waals surface area contributed by atoms with Crippen molar-refractivity contribution in [1.29, 1.82) is 0 Å². The van der Waals surface area contributed by atoms with Crippen molar-refractivity contribution in [3.05, 3.63) is 35.9 Å². The molecule has 0 aliphatic carbocycles. The van der Waals surface area contributed by atoms with E-state index in [0.717, 1.165) is 25.9 Å². The Labute approximate surface area is 167 Å². The molecule has 6 heteroatoms. The number of likely N-dealkylation sites (tertiary alicyclic amines) is 2. The maximum absolute atomic E-state index is 12.8. The summed E-state index contributed by atoms with van der Waals surface area (Å²) in [7, 11) is 0. The molecule has 0 saturated carbocycles. The summed E-state index contributed by atoms with van der Waals surface area (Å²) in [5, 5.41) is 2.78. The van der Waals surface area contributed by atoms with Gasteiger partial charge in [-0.05, 0) is 44.7 Å². The van der Waals surface area contributed by atoms with Crippen LogP contribution in [0.1, 0.15) is 55.8 Å². The van der Waals surface area contributed by atoms with Crippen molar-refractivity contribution < 1.29 is 14.4 Å². The molecule has 28 heavy (non-hydrogen) atoms. The number of carbonyl (C=O) groups excluding carboxylic acids is 3. The molecule has 0 unspecified atom stereocenters. The number of hydrogen-bond acceptors (Lipinski definition) is 3. The lowest BCUT2D eigenvalue weighted by Crippen LogP contribution is -2.51. The minimum atomic E-state index is -0.578. The number of nitrogens with zero attached hydrogens (tertiary/aromatic N) is 2. The highest BCUT2D eigenvalue weighted by Crippen LogP contribution is 2.22. The van der Waals surface area contributed by atoms with Crippen LogP contribution in [0.2, 0.25) is 0 Å². The third-order valence-electron chi connectivity index (χ3n) is 5.83. The van der Waals surface area contributed by atoms with Crippen LogP contribution in [-0.4, -0.2) is 59.7 Å². The Hall–Kier alpha value is -2.37. The SMILES string of the molecule is C[C@H](NC(=O)c1ccccc1)C(=O)N1CCC(C(=O)N2CCCCCC2)CC1. The first-order valence-corrected chi connectivity index (χ1v) is 10.5. The second kappa shape index (κ2) is 9.71. The molecule has 2 aliphatic heterocycles. The van der Waals surface area contributed by atoms with Gasteiger partial charge in [0.1, 0.15) is 6.04 Å². The number of piperidine rings is 1. The van der Waals surface area contributed by atoms with Crippen molar-refractivity contribution in [2.24, 2.45) is 5.92 Å². The number of nitrogens with one attached hydrogen (secondary N) is 1. The van der Waals surface area contributed by atoms with E-state index < -0.39 is 6.04 Å². The smallest absolute Gasteiger partial charge is 0.251 e. The molecule has 152 valence electrons. The summed E-state index contributed by atoms with van der Waals surface area (Å²) < 4.78 is 0. The molecule has 0 aromatic heterocycles. The maximum atomic E-state index is 12.8. The van der Waals surface area contributed by atoms with Crippen LogP contribution < -0.4 is 5.32 Å². The minimum absolute atomic E-state index is 0.0244. The van der Waals surface area contributed by atoms with Crippen LogP contribution >= 0.6 is 0 Å². The van der Waals surface area contributed by atoms with Crippen molar-refractivity contribution >= 4 is 17.7 Å². The summed E-state index contributed by atoms with van der Waals surface area (Å²) in [4.78, 5) is 41.5. The van der Waals surface area contributed by atoms with E-state index in [1.54, 1.807) is 36.1 Å². The van der Waals surface area contributed by atoms with Crippen LogP contribution in [0.25, 0.3) is 0 Å². The third kappa shape index (κ3) is 5.12. The molecule has 2 aliphatic rings. The molecular formula is C22H31N3O3. The molecule has 3 rings (SSSR count). The maximum Gasteiger partial charge on any atom is 0.251 e. The van der Waals surface area contributed by atoms with Crippen LogP contribution in [-0.2, 0) is 9.59 Å². The largest absolute Gasteiger partial charge is 0.342 e. The van der Waals surface area contributed by atoms with E-state index in [9.17, 15) is 14.4 Å². The number of carbonyl (C=O) groups is 3. The van der Waals surface area contributed by atoms with Gasteiger partial charge in [-0.3, -0.25) is 14.4 Å². The van der Waals surface area contributed by atoms with E-state index in [1.165, 1.54) is 12.8 Å². The Morgan fingerprint density at radius 3 is 2.11 bits per heavy atom. The zero-order valence-electron chi connectivity index (χ0n) is 16.7. The predicted molar refractivity (Wildman–Crippen MR) is 108 cm³/mol. The van der Waals surface area contributed by atoms with Gasteiger partial charge in [0.05, 0.1) is 0 Å². The van der Waals surface area contributed by atoms with Gasteiger partial charge in [0.2, 0.25) is 11.8 Å². The average molecular weight is 386 g/mol. The van der Waals surface area contributed by atoms with Crippen LogP contribution in [0.5, 0.6) is 0 Å². The fraction of sp³-hybridized carbons (Fsp3) is 0.591. The van der Waals surface area contributed by atoms with Crippen molar-refractivity contribution in [2.75, 3.05) is 26.2 Å². The monoisotopic (exact) mass is 385 g/mol. The van der Waals surface area contributed by atoms with E-state index in [4.69, 9.17) is 0 Å². The van der Waals surface area contributed by atoms with Gasteiger partial charge in [-0.2, -0.15) is 0 Å². The van der Waals surface area contributed by atoms with Gasteiger partial charge in [-0.25, -0.2) is 0 Å². The first kappa shape index (κ1) is 20.4. The van der Waals surface area contributed by atoms with Crippen LogP contribution in [0.15, 0.2) is 30.3 Å². The van der Waals surface area contributed by atoms with E-state index in [1.807, 2.05) is 11.0 Å². The number of rotatable bonds is 4. The van der Waals surface area contributed by atoms with E-state index in [0.29, 0.717) is 31.5 Å². The standard InChI is InChI=1S/C22H31N3O3/c1-17(23-20(26)18-9-5-4-6-10-18)21(27)25-15-11-19(12-16-25)22(28)24-13-7-2-3-8-14-24/h4-6,9-10,17,19H,2-3,7-8,11-16H2,1H3,(H,23,26)/t17-/m0/s1. The molecule has 6 nitrogen and oxygen atoms in total. The lowest BCUT2D eigenvalue weighted by Gasteiger charge is -2.35. The molecule has 1 aromatic rings. The Bertz CT molecular complexity index is 676.